The second-order valence-electron chi connectivity index (χ2n) is 6.51. The van der Waals surface area contributed by atoms with Crippen LogP contribution in [0.15, 0.2) is 64.9 Å². The molecule has 1 heterocycles. The normalized spacial score (nSPS) is 11.4. The highest BCUT2D eigenvalue weighted by atomic mass is 32.2. The van der Waals surface area contributed by atoms with E-state index in [2.05, 4.69) is 28.9 Å². The van der Waals surface area contributed by atoms with E-state index in [4.69, 9.17) is 0 Å². The molecule has 0 spiro atoms. The van der Waals surface area contributed by atoms with Crippen LogP contribution in [0.3, 0.4) is 0 Å². The summed E-state index contributed by atoms with van der Waals surface area (Å²) in [5.74, 6) is 0.0589. The first-order valence-corrected chi connectivity index (χ1v) is 11.1. The van der Waals surface area contributed by atoms with Crippen molar-refractivity contribution in [3.8, 4) is 0 Å². The van der Waals surface area contributed by atoms with Gasteiger partial charge in [0, 0.05) is 22.5 Å². The predicted octanol–water partition coefficient (Wildman–Crippen LogP) is 4.00. The van der Waals surface area contributed by atoms with Crippen molar-refractivity contribution in [2.75, 3.05) is 4.72 Å². The smallest absolute Gasteiger partial charge is 0.261 e. The number of carbonyl (C=O) groups is 1. The lowest BCUT2D eigenvalue weighted by Gasteiger charge is -2.10. The Hall–Kier alpha value is -2.71. The zero-order valence-electron chi connectivity index (χ0n) is 15.5. The zero-order valence-corrected chi connectivity index (χ0v) is 17.2. The molecule has 28 heavy (non-hydrogen) atoms. The van der Waals surface area contributed by atoms with Gasteiger partial charge >= 0.3 is 0 Å². The Morgan fingerprint density at radius 3 is 2.54 bits per heavy atom. The van der Waals surface area contributed by atoms with Gasteiger partial charge in [0.05, 0.1) is 22.1 Å². The van der Waals surface area contributed by atoms with Gasteiger partial charge in [-0.1, -0.05) is 38.1 Å². The summed E-state index contributed by atoms with van der Waals surface area (Å²) in [6.45, 7) is 4.47. The highest BCUT2D eigenvalue weighted by Crippen LogP contribution is 2.20. The van der Waals surface area contributed by atoms with Gasteiger partial charge in [-0.05, 0) is 30.3 Å². The SMILES string of the molecule is CC(C)c1nc(CNC(=O)c2cccc(NS(=O)(=O)c3ccccc3)c2)cs1. The van der Waals surface area contributed by atoms with Gasteiger partial charge in [0.1, 0.15) is 0 Å². The number of benzene rings is 2. The first-order chi connectivity index (χ1) is 13.3. The van der Waals surface area contributed by atoms with Gasteiger partial charge in [-0.2, -0.15) is 0 Å². The summed E-state index contributed by atoms with van der Waals surface area (Å²) in [6.07, 6.45) is 0. The van der Waals surface area contributed by atoms with Gasteiger partial charge in [0.2, 0.25) is 0 Å². The van der Waals surface area contributed by atoms with E-state index in [0.29, 0.717) is 23.7 Å². The van der Waals surface area contributed by atoms with Crippen LogP contribution in [0, 0.1) is 0 Å². The minimum absolute atomic E-state index is 0.161. The Morgan fingerprint density at radius 1 is 1.11 bits per heavy atom. The summed E-state index contributed by atoms with van der Waals surface area (Å²) in [7, 11) is -3.71. The quantitative estimate of drug-likeness (QED) is 0.611. The third-order valence-electron chi connectivity index (χ3n) is 3.92. The molecule has 0 radical (unpaired) electrons. The van der Waals surface area contributed by atoms with Crippen LogP contribution in [0.4, 0.5) is 5.69 Å². The van der Waals surface area contributed by atoms with Crippen LogP contribution < -0.4 is 10.0 Å². The third-order valence-corrected chi connectivity index (χ3v) is 6.52. The minimum Gasteiger partial charge on any atom is -0.346 e. The number of anilines is 1. The maximum absolute atomic E-state index is 12.4. The van der Waals surface area contributed by atoms with Gasteiger partial charge in [-0.25, -0.2) is 13.4 Å². The summed E-state index contributed by atoms with van der Waals surface area (Å²) in [5.41, 5.74) is 1.50. The van der Waals surface area contributed by atoms with Gasteiger partial charge in [0.15, 0.2) is 0 Å². The molecule has 1 aromatic heterocycles. The molecule has 1 amide bonds. The molecule has 0 fully saturated rings. The van der Waals surface area contributed by atoms with Crippen molar-refractivity contribution >= 4 is 33.0 Å². The average Bonchev–Trinajstić information content (AvgIpc) is 3.16. The average molecular weight is 416 g/mol. The molecule has 0 saturated carbocycles. The van der Waals surface area contributed by atoms with Crippen LogP contribution in [0.2, 0.25) is 0 Å². The Labute approximate surface area is 168 Å². The highest BCUT2D eigenvalue weighted by Gasteiger charge is 2.15. The van der Waals surface area contributed by atoms with E-state index < -0.39 is 10.0 Å². The number of hydrogen-bond acceptors (Lipinski definition) is 5. The van der Waals surface area contributed by atoms with E-state index in [-0.39, 0.29) is 10.8 Å². The number of aromatic nitrogens is 1. The summed E-state index contributed by atoms with van der Waals surface area (Å²) in [6, 6.07) is 14.5. The molecule has 0 bridgehead atoms. The van der Waals surface area contributed by atoms with E-state index in [1.54, 1.807) is 47.7 Å². The lowest BCUT2D eigenvalue weighted by molar-refractivity contribution is 0.0950. The molecule has 2 aromatic carbocycles. The molecular weight excluding hydrogens is 394 g/mol. The number of sulfonamides is 1. The lowest BCUT2D eigenvalue weighted by Crippen LogP contribution is -2.23. The predicted molar refractivity (Wildman–Crippen MR) is 111 cm³/mol. The lowest BCUT2D eigenvalue weighted by atomic mass is 10.2. The maximum Gasteiger partial charge on any atom is 0.261 e. The summed E-state index contributed by atoms with van der Waals surface area (Å²) < 4.78 is 27.4. The number of rotatable bonds is 7. The third kappa shape index (κ3) is 4.96. The van der Waals surface area contributed by atoms with Crippen molar-refractivity contribution in [1.29, 1.82) is 0 Å². The molecule has 0 unspecified atom stereocenters. The van der Waals surface area contributed by atoms with Crippen molar-refractivity contribution in [3.05, 3.63) is 76.2 Å². The number of hydrogen-bond donors (Lipinski definition) is 2. The standard InChI is InChI=1S/C20H21N3O3S2/c1-14(2)20-22-17(13-27-20)12-21-19(24)15-7-6-8-16(11-15)23-28(25,26)18-9-4-3-5-10-18/h3-11,13-14,23H,12H2,1-2H3,(H,21,24). The molecule has 0 saturated heterocycles. The van der Waals surface area contributed by atoms with Gasteiger partial charge < -0.3 is 5.32 Å². The molecule has 0 aliphatic rings. The van der Waals surface area contributed by atoms with Crippen LogP contribution >= 0.6 is 11.3 Å². The Kier molecular flexibility index (Phi) is 6.11. The van der Waals surface area contributed by atoms with E-state index in [1.807, 2.05) is 5.38 Å². The van der Waals surface area contributed by atoms with Crippen molar-refractivity contribution in [3.63, 3.8) is 0 Å². The Balaban J connectivity index is 1.67. The molecule has 0 atom stereocenters. The largest absolute Gasteiger partial charge is 0.346 e. The molecule has 3 aromatic rings. The van der Waals surface area contributed by atoms with E-state index >= 15 is 0 Å². The molecule has 146 valence electrons. The number of amides is 1. The first-order valence-electron chi connectivity index (χ1n) is 8.75. The second-order valence-corrected chi connectivity index (χ2v) is 9.09. The summed E-state index contributed by atoms with van der Waals surface area (Å²) in [5, 5.41) is 5.78. The molecule has 3 rings (SSSR count). The summed E-state index contributed by atoms with van der Waals surface area (Å²) in [4.78, 5) is 17.1. The maximum atomic E-state index is 12.4. The van der Waals surface area contributed by atoms with Gasteiger partial charge in [-0.15, -0.1) is 11.3 Å². The molecule has 8 heteroatoms. The van der Waals surface area contributed by atoms with Gasteiger partial charge in [-0.3, -0.25) is 9.52 Å². The Morgan fingerprint density at radius 2 is 1.86 bits per heavy atom. The molecule has 6 nitrogen and oxygen atoms in total. The number of thiazole rings is 1. The molecule has 2 N–H and O–H groups in total. The number of nitrogens with one attached hydrogen (secondary N) is 2. The van der Waals surface area contributed by atoms with Crippen molar-refractivity contribution in [2.45, 2.75) is 31.2 Å². The fraction of sp³-hybridized carbons (Fsp3) is 0.200. The van der Waals surface area contributed by atoms with Crippen LogP contribution in [-0.2, 0) is 16.6 Å². The van der Waals surface area contributed by atoms with Crippen LogP contribution in [0.1, 0.15) is 40.8 Å². The molecular formula is C20H21N3O3S2. The van der Waals surface area contributed by atoms with Crippen LogP contribution in [0.25, 0.3) is 0 Å². The minimum atomic E-state index is -3.71. The van der Waals surface area contributed by atoms with E-state index in [0.717, 1.165) is 10.7 Å². The van der Waals surface area contributed by atoms with Crippen LogP contribution in [-0.4, -0.2) is 19.3 Å². The zero-order chi connectivity index (χ0) is 20.1. The van der Waals surface area contributed by atoms with Crippen molar-refractivity contribution in [1.82, 2.24) is 10.3 Å². The number of carbonyl (C=O) groups excluding carboxylic acids is 1. The van der Waals surface area contributed by atoms with E-state index in [9.17, 15) is 13.2 Å². The molecule has 0 aliphatic carbocycles. The molecule has 0 aliphatic heterocycles. The van der Waals surface area contributed by atoms with Gasteiger partial charge in [0.25, 0.3) is 15.9 Å². The summed E-state index contributed by atoms with van der Waals surface area (Å²) >= 11 is 1.57. The van der Waals surface area contributed by atoms with Crippen molar-refractivity contribution < 1.29 is 13.2 Å². The number of nitrogens with zero attached hydrogens (tertiary/aromatic N) is 1. The fourth-order valence-corrected chi connectivity index (χ4v) is 4.39. The fourth-order valence-electron chi connectivity index (χ4n) is 2.48. The highest BCUT2D eigenvalue weighted by molar-refractivity contribution is 7.92. The first kappa shape index (κ1) is 20.0. The van der Waals surface area contributed by atoms with Crippen LogP contribution in [0.5, 0.6) is 0 Å². The topological polar surface area (TPSA) is 88.2 Å². The van der Waals surface area contributed by atoms with E-state index in [1.165, 1.54) is 18.2 Å². The Bertz CT molecular complexity index is 1060. The van der Waals surface area contributed by atoms with Crippen molar-refractivity contribution in [2.24, 2.45) is 0 Å². The monoisotopic (exact) mass is 415 g/mol. The second kappa shape index (κ2) is 8.53.